The average molecular weight is 331 g/mol. The Bertz CT molecular complexity index is 866. The van der Waals surface area contributed by atoms with Crippen LogP contribution in [0.3, 0.4) is 0 Å². The Hall–Kier alpha value is -3.16. The predicted octanol–water partition coefficient (Wildman–Crippen LogP) is 1.48. The van der Waals surface area contributed by atoms with Crippen LogP contribution in [0.4, 0.5) is 4.39 Å². The summed E-state index contributed by atoms with van der Waals surface area (Å²) in [6, 6.07) is 9.23. The van der Waals surface area contributed by atoms with Crippen molar-refractivity contribution in [2.45, 2.75) is 19.5 Å². The second-order valence-corrected chi connectivity index (χ2v) is 5.11. The molecular weight excluding hydrogens is 317 g/mol. The van der Waals surface area contributed by atoms with Crippen LogP contribution in [0.15, 0.2) is 56.4 Å². The van der Waals surface area contributed by atoms with Gasteiger partial charge in [-0.05, 0) is 29.8 Å². The van der Waals surface area contributed by atoms with Crippen molar-refractivity contribution in [1.29, 1.82) is 0 Å². The van der Waals surface area contributed by atoms with Gasteiger partial charge in [-0.2, -0.15) is 0 Å². The van der Waals surface area contributed by atoms with Crippen LogP contribution < -0.4 is 11.1 Å². The maximum atomic E-state index is 12.9. The number of carbonyl (C=O) groups is 1. The first-order valence-electron chi connectivity index (χ1n) is 7.21. The Morgan fingerprint density at radius 3 is 2.75 bits per heavy atom. The minimum atomic E-state index is -0.722. The summed E-state index contributed by atoms with van der Waals surface area (Å²) in [7, 11) is 0. The van der Waals surface area contributed by atoms with E-state index in [-0.39, 0.29) is 31.2 Å². The average Bonchev–Trinajstić information content (AvgIpc) is 3.20. The number of halogens is 1. The van der Waals surface area contributed by atoms with E-state index < -0.39 is 5.76 Å². The molecule has 0 saturated carbocycles. The van der Waals surface area contributed by atoms with Crippen molar-refractivity contribution < 1.29 is 18.1 Å². The van der Waals surface area contributed by atoms with Gasteiger partial charge in [0, 0.05) is 6.42 Å². The lowest BCUT2D eigenvalue weighted by Crippen LogP contribution is -2.31. The van der Waals surface area contributed by atoms with Gasteiger partial charge in [0.1, 0.15) is 18.1 Å². The largest absolute Gasteiger partial charge is 0.467 e. The van der Waals surface area contributed by atoms with Crippen molar-refractivity contribution in [3.63, 3.8) is 0 Å². The molecule has 1 amide bonds. The number of benzene rings is 1. The topological polar surface area (TPSA) is 90.3 Å². The van der Waals surface area contributed by atoms with Gasteiger partial charge in [0.25, 0.3) is 0 Å². The minimum absolute atomic E-state index is 0.221. The van der Waals surface area contributed by atoms with Gasteiger partial charge in [0.05, 0.1) is 12.8 Å². The zero-order chi connectivity index (χ0) is 16.9. The highest BCUT2D eigenvalue weighted by Gasteiger charge is 2.15. The highest BCUT2D eigenvalue weighted by Crippen LogP contribution is 2.08. The molecule has 124 valence electrons. The lowest BCUT2D eigenvalue weighted by Gasteiger charge is -2.06. The summed E-state index contributed by atoms with van der Waals surface area (Å²) in [5.74, 6) is -0.557. The maximum absolute atomic E-state index is 12.9. The number of amides is 1. The number of nitrogens with one attached hydrogen (secondary N) is 1. The highest BCUT2D eigenvalue weighted by atomic mass is 19.1. The number of carbonyl (C=O) groups excluding carboxylic acids is 1. The van der Waals surface area contributed by atoms with E-state index in [9.17, 15) is 14.0 Å². The van der Waals surface area contributed by atoms with Gasteiger partial charge < -0.3 is 9.73 Å². The van der Waals surface area contributed by atoms with Crippen LogP contribution in [0.5, 0.6) is 0 Å². The van der Waals surface area contributed by atoms with Crippen molar-refractivity contribution in [3.8, 4) is 0 Å². The third-order valence-corrected chi connectivity index (χ3v) is 3.38. The monoisotopic (exact) mass is 331 g/mol. The Balaban J connectivity index is 1.67. The van der Waals surface area contributed by atoms with Gasteiger partial charge >= 0.3 is 5.76 Å². The Labute approximate surface area is 135 Å². The first-order valence-corrected chi connectivity index (χ1v) is 7.21. The summed E-state index contributed by atoms with van der Waals surface area (Å²) in [4.78, 5) is 23.7. The number of furan rings is 1. The van der Waals surface area contributed by atoms with Crippen LogP contribution in [-0.2, 0) is 24.3 Å². The van der Waals surface area contributed by atoms with E-state index >= 15 is 0 Å². The Morgan fingerprint density at radius 2 is 2.04 bits per heavy atom. The zero-order valence-electron chi connectivity index (χ0n) is 12.6. The first-order chi connectivity index (χ1) is 11.6. The summed E-state index contributed by atoms with van der Waals surface area (Å²) in [5.41, 5.74) is 0.745. The molecule has 1 aromatic carbocycles. The van der Waals surface area contributed by atoms with Crippen molar-refractivity contribution in [2.24, 2.45) is 0 Å². The van der Waals surface area contributed by atoms with Gasteiger partial charge in [-0.1, -0.05) is 17.3 Å². The van der Waals surface area contributed by atoms with Gasteiger partial charge in [0.15, 0.2) is 5.82 Å². The summed E-state index contributed by atoms with van der Waals surface area (Å²) in [6.45, 7) is -0.00126. The summed E-state index contributed by atoms with van der Waals surface area (Å²) < 4.78 is 23.8. The van der Waals surface area contributed by atoms with Crippen molar-refractivity contribution in [3.05, 3.63) is 76.2 Å². The number of aromatic nitrogens is 2. The zero-order valence-corrected chi connectivity index (χ0v) is 12.6. The minimum Gasteiger partial charge on any atom is -0.467 e. The molecule has 7 nitrogen and oxygen atoms in total. The molecule has 3 aromatic rings. The first kappa shape index (κ1) is 15.7. The normalized spacial score (nSPS) is 10.7. The fraction of sp³-hybridized carbons (Fsp3) is 0.188. The van der Waals surface area contributed by atoms with Gasteiger partial charge in [-0.25, -0.2) is 9.18 Å². The van der Waals surface area contributed by atoms with Gasteiger partial charge in [-0.3, -0.25) is 13.9 Å². The van der Waals surface area contributed by atoms with Crippen molar-refractivity contribution in [1.82, 2.24) is 15.0 Å². The molecule has 1 N–H and O–H groups in total. The molecule has 2 aromatic heterocycles. The van der Waals surface area contributed by atoms with Gasteiger partial charge in [0.2, 0.25) is 5.91 Å². The molecule has 0 saturated heterocycles. The number of hydrogen-bond donors (Lipinski definition) is 1. The molecule has 0 spiro atoms. The van der Waals surface area contributed by atoms with E-state index in [2.05, 4.69) is 15.0 Å². The van der Waals surface area contributed by atoms with Crippen LogP contribution in [0.1, 0.15) is 17.1 Å². The fourth-order valence-corrected chi connectivity index (χ4v) is 2.16. The molecule has 0 fully saturated rings. The molecule has 2 heterocycles. The van der Waals surface area contributed by atoms with Crippen LogP contribution in [0, 0.1) is 5.82 Å². The fourth-order valence-electron chi connectivity index (χ4n) is 2.16. The van der Waals surface area contributed by atoms with E-state index in [4.69, 9.17) is 4.42 Å². The molecule has 24 heavy (non-hydrogen) atoms. The van der Waals surface area contributed by atoms with Crippen molar-refractivity contribution in [2.75, 3.05) is 0 Å². The molecule has 8 heteroatoms. The highest BCUT2D eigenvalue weighted by molar-refractivity contribution is 5.75. The SMILES string of the molecule is O=C(Cn1c(Cc2ccc(F)cc2)noc1=O)NCc1ccco1. The van der Waals surface area contributed by atoms with E-state index in [1.54, 1.807) is 24.3 Å². The van der Waals surface area contributed by atoms with E-state index in [0.717, 1.165) is 10.1 Å². The number of rotatable bonds is 6. The van der Waals surface area contributed by atoms with E-state index in [1.165, 1.54) is 18.4 Å². The van der Waals surface area contributed by atoms with Crippen LogP contribution in [-0.4, -0.2) is 15.6 Å². The molecule has 0 unspecified atom stereocenters. The quantitative estimate of drug-likeness (QED) is 0.739. The molecular formula is C16H14FN3O4. The lowest BCUT2D eigenvalue weighted by atomic mass is 10.1. The summed E-state index contributed by atoms with van der Waals surface area (Å²) in [5, 5.41) is 6.32. The second-order valence-electron chi connectivity index (χ2n) is 5.11. The van der Waals surface area contributed by atoms with E-state index in [1.807, 2.05) is 0 Å². The third kappa shape index (κ3) is 3.78. The molecule has 3 rings (SSSR count). The van der Waals surface area contributed by atoms with Gasteiger partial charge in [-0.15, -0.1) is 0 Å². The maximum Gasteiger partial charge on any atom is 0.442 e. The standard InChI is InChI=1S/C16H14FN3O4/c17-12-5-3-11(4-6-12)8-14-19-24-16(22)20(14)10-15(21)18-9-13-2-1-7-23-13/h1-7H,8-10H2,(H,18,21). The lowest BCUT2D eigenvalue weighted by molar-refractivity contribution is -0.122. The predicted molar refractivity (Wildman–Crippen MR) is 80.5 cm³/mol. The molecule has 0 aliphatic carbocycles. The molecule has 0 radical (unpaired) electrons. The van der Waals surface area contributed by atoms with E-state index in [0.29, 0.717) is 11.6 Å². The van der Waals surface area contributed by atoms with Crippen molar-refractivity contribution >= 4 is 5.91 Å². The van der Waals surface area contributed by atoms with Crippen LogP contribution in [0.2, 0.25) is 0 Å². The smallest absolute Gasteiger partial charge is 0.442 e. The molecule has 0 bridgehead atoms. The summed E-state index contributed by atoms with van der Waals surface area (Å²) in [6.07, 6.45) is 1.75. The number of hydrogen-bond acceptors (Lipinski definition) is 5. The number of nitrogens with zero attached hydrogens (tertiary/aromatic N) is 2. The third-order valence-electron chi connectivity index (χ3n) is 3.38. The molecule has 0 atom stereocenters. The van der Waals surface area contributed by atoms with Crippen LogP contribution >= 0.6 is 0 Å². The molecule has 0 aliphatic heterocycles. The summed E-state index contributed by atoms with van der Waals surface area (Å²) >= 11 is 0. The Morgan fingerprint density at radius 1 is 1.25 bits per heavy atom. The molecule has 0 aliphatic rings. The second kappa shape index (κ2) is 6.95. The Kier molecular flexibility index (Phi) is 4.55. The van der Waals surface area contributed by atoms with Crippen LogP contribution in [0.25, 0.3) is 0 Å².